The number of ether oxygens (including phenoxy) is 2. The number of esters is 2. The van der Waals surface area contributed by atoms with E-state index in [4.69, 9.17) is 9.15 Å². The Morgan fingerprint density at radius 1 is 1.36 bits per heavy atom. The summed E-state index contributed by atoms with van der Waals surface area (Å²) in [6.07, 6.45) is 3.30. The molecule has 1 aromatic rings. The van der Waals surface area contributed by atoms with Gasteiger partial charge in [-0.15, -0.1) is 0 Å². The summed E-state index contributed by atoms with van der Waals surface area (Å²) < 4.78 is 15.1. The van der Waals surface area contributed by atoms with Crippen molar-refractivity contribution < 1.29 is 33.1 Å². The maximum atomic E-state index is 12.8. The maximum Gasteiger partial charge on any atom is 0.341 e. The molecule has 2 aliphatic rings. The number of furan rings is 1. The van der Waals surface area contributed by atoms with E-state index in [1.807, 2.05) is 6.92 Å². The first-order valence-electron chi connectivity index (χ1n) is 9.26. The first-order chi connectivity index (χ1) is 13.3. The number of nitrogens with zero attached hydrogens (tertiary/aromatic N) is 1. The zero-order valence-electron chi connectivity index (χ0n) is 16.2. The van der Waals surface area contributed by atoms with Crippen molar-refractivity contribution >= 4 is 23.9 Å². The Hall–Kier alpha value is -2.84. The van der Waals surface area contributed by atoms with Crippen LogP contribution in [-0.4, -0.2) is 48.0 Å². The fourth-order valence-electron chi connectivity index (χ4n) is 3.89. The van der Waals surface area contributed by atoms with Gasteiger partial charge in [0.25, 0.3) is 5.91 Å². The summed E-state index contributed by atoms with van der Waals surface area (Å²) >= 11 is 0. The van der Waals surface area contributed by atoms with E-state index >= 15 is 0 Å². The molecule has 3 amide bonds. The molecular formula is C19H24N2O7. The second kappa shape index (κ2) is 7.65. The number of carbonyl (C=O) groups excluding carboxylic acids is 4. The monoisotopic (exact) mass is 392 g/mol. The van der Waals surface area contributed by atoms with Crippen LogP contribution in [0.25, 0.3) is 0 Å². The first-order valence-corrected chi connectivity index (χ1v) is 9.26. The quantitative estimate of drug-likeness (QED) is 0.601. The van der Waals surface area contributed by atoms with Gasteiger partial charge in [0.1, 0.15) is 35.8 Å². The predicted molar refractivity (Wildman–Crippen MR) is 95.2 cm³/mol. The molecule has 152 valence electrons. The highest BCUT2D eigenvalue weighted by Gasteiger charge is 2.55. The lowest BCUT2D eigenvalue weighted by molar-refractivity contribution is -0.149. The smallest absolute Gasteiger partial charge is 0.341 e. The Bertz CT molecular complexity index is 815. The second-order valence-electron chi connectivity index (χ2n) is 7.27. The van der Waals surface area contributed by atoms with Gasteiger partial charge < -0.3 is 19.2 Å². The van der Waals surface area contributed by atoms with E-state index in [-0.39, 0.29) is 29.8 Å². The van der Waals surface area contributed by atoms with Crippen molar-refractivity contribution in [1.82, 2.24) is 10.2 Å². The summed E-state index contributed by atoms with van der Waals surface area (Å²) in [5.41, 5.74) is -0.667. The molecule has 2 atom stereocenters. The highest BCUT2D eigenvalue weighted by molar-refractivity contribution is 6.09. The van der Waals surface area contributed by atoms with Crippen molar-refractivity contribution in [1.29, 1.82) is 0 Å². The summed E-state index contributed by atoms with van der Waals surface area (Å²) in [5.74, 6) is -1.03. The van der Waals surface area contributed by atoms with Crippen LogP contribution in [0, 0.1) is 12.8 Å². The third-order valence-electron chi connectivity index (χ3n) is 5.54. The number of amides is 3. The topological polar surface area (TPSA) is 115 Å². The van der Waals surface area contributed by atoms with Crippen molar-refractivity contribution in [3.05, 3.63) is 23.2 Å². The SMILES string of the molecule is COC(=O)c1cc(COC(=O)CN2C(=O)N[C@]3(CCCC[C@@H]3C)C2=O)oc1C. The van der Waals surface area contributed by atoms with Crippen LogP contribution >= 0.6 is 0 Å². The summed E-state index contributed by atoms with van der Waals surface area (Å²) in [6.45, 7) is 2.84. The third-order valence-corrected chi connectivity index (χ3v) is 5.54. The maximum absolute atomic E-state index is 12.8. The van der Waals surface area contributed by atoms with E-state index in [1.54, 1.807) is 6.92 Å². The molecule has 28 heavy (non-hydrogen) atoms. The van der Waals surface area contributed by atoms with Gasteiger partial charge in [-0.2, -0.15) is 0 Å². The lowest BCUT2D eigenvalue weighted by Gasteiger charge is -2.36. The molecule has 0 unspecified atom stereocenters. The Balaban J connectivity index is 1.60. The minimum absolute atomic E-state index is 0.0153. The lowest BCUT2D eigenvalue weighted by Crippen LogP contribution is -2.54. The normalized spacial score (nSPS) is 24.4. The fourth-order valence-corrected chi connectivity index (χ4v) is 3.89. The molecule has 1 aliphatic carbocycles. The highest BCUT2D eigenvalue weighted by Crippen LogP contribution is 2.38. The van der Waals surface area contributed by atoms with Crippen LogP contribution < -0.4 is 5.32 Å². The molecule has 9 nitrogen and oxygen atoms in total. The van der Waals surface area contributed by atoms with Crippen LogP contribution in [0.5, 0.6) is 0 Å². The van der Waals surface area contributed by atoms with Gasteiger partial charge in [-0.1, -0.05) is 19.8 Å². The minimum atomic E-state index is -0.914. The number of urea groups is 1. The van der Waals surface area contributed by atoms with Gasteiger partial charge in [-0.05, 0) is 31.7 Å². The summed E-state index contributed by atoms with van der Waals surface area (Å²) in [6, 6.07) is 0.860. The molecular weight excluding hydrogens is 368 g/mol. The van der Waals surface area contributed by atoms with E-state index in [1.165, 1.54) is 13.2 Å². The molecule has 3 rings (SSSR count). The van der Waals surface area contributed by atoms with Crippen LogP contribution in [-0.2, 0) is 25.7 Å². The Morgan fingerprint density at radius 2 is 2.11 bits per heavy atom. The second-order valence-corrected chi connectivity index (χ2v) is 7.27. The van der Waals surface area contributed by atoms with Crippen molar-refractivity contribution in [2.75, 3.05) is 13.7 Å². The van der Waals surface area contributed by atoms with E-state index < -0.39 is 30.1 Å². The van der Waals surface area contributed by atoms with Gasteiger partial charge in [0.2, 0.25) is 0 Å². The zero-order chi connectivity index (χ0) is 20.5. The van der Waals surface area contributed by atoms with Crippen molar-refractivity contribution in [3.8, 4) is 0 Å². The van der Waals surface area contributed by atoms with E-state index in [2.05, 4.69) is 10.1 Å². The molecule has 1 aliphatic heterocycles. The highest BCUT2D eigenvalue weighted by atomic mass is 16.5. The Labute approximate surface area is 162 Å². The van der Waals surface area contributed by atoms with Crippen LogP contribution in [0.3, 0.4) is 0 Å². The summed E-state index contributed by atoms with van der Waals surface area (Å²) in [4.78, 5) is 49.8. The molecule has 1 N–H and O–H groups in total. The number of carbonyl (C=O) groups is 4. The standard InChI is InChI=1S/C19H24N2O7/c1-11-6-4-5-7-19(11)17(24)21(18(25)20-19)9-15(22)27-10-13-8-14(12(2)28-13)16(23)26-3/h8,11H,4-7,9-10H2,1-3H3,(H,20,25)/t11-,19-/m0/s1. The molecule has 9 heteroatoms. The van der Waals surface area contributed by atoms with E-state index in [9.17, 15) is 19.2 Å². The molecule has 1 spiro atoms. The van der Waals surface area contributed by atoms with Crippen LogP contribution in [0.15, 0.2) is 10.5 Å². The van der Waals surface area contributed by atoms with E-state index in [0.29, 0.717) is 12.2 Å². The number of nitrogens with one attached hydrogen (secondary N) is 1. The lowest BCUT2D eigenvalue weighted by atomic mass is 9.73. The molecule has 0 bridgehead atoms. The van der Waals surface area contributed by atoms with Gasteiger partial charge in [0, 0.05) is 0 Å². The number of hydrogen-bond donors (Lipinski definition) is 1. The average Bonchev–Trinajstić information content (AvgIpc) is 3.15. The van der Waals surface area contributed by atoms with Crippen molar-refractivity contribution in [2.24, 2.45) is 5.92 Å². The molecule has 2 heterocycles. The number of hydrogen-bond acceptors (Lipinski definition) is 7. The van der Waals surface area contributed by atoms with Crippen molar-refractivity contribution in [2.45, 2.75) is 51.7 Å². The summed E-state index contributed by atoms with van der Waals surface area (Å²) in [7, 11) is 1.26. The van der Waals surface area contributed by atoms with Gasteiger partial charge in [0.05, 0.1) is 7.11 Å². The molecule has 1 aromatic heterocycles. The first kappa shape index (κ1) is 19.9. The minimum Gasteiger partial charge on any atom is -0.465 e. The van der Waals surface area contributed by atoms with Crippen LogP contribution in [0.4, 0.5) is 4.79 Å². The van der Waals surface area contributed by atoms with Crippen LogP contribution in [0.2, 0.25) is 0 Å². The Morgan fingerprint density at radius 3 is 2.79 bits per heavy atom. The van der Waals surface area contributed by atoms with Crippen LogP contribution in [0.1, 0.15) is 54.5 Å². The Kier molecular flexibility index (Phi) is 5.44. The molecule has 1 saturated heterocycles. The average molecular weight is 392 g/mol. The van der Waals surface area contributed by atoms with Gasteiger partial charge >= 0.3 is 18.0 Å². The molecule has 1 saturated carbocycles. The fraction of sp³-hybridized carbons (Fsp3) is 0.579. The molecule has 0 aromatic carbocycles. The number of aryl methyl sites for hydroxylation is 1. The number of methoxy groups -OCH3 is 1. The summed E-state index contributed by atoms with van der Waals surface area (Å²) in [5, 5.41) is 2.79. The van der Waals surface area contributed by atoms with Gasteiger partial charge in [0.15, 0.2) is 0 Å². The number of imide groups is 1. The largest absolute Gasteiger partial charge is 0.465 e. The molecule has 2 fully saturated rings. The number of rotatable bonds is 5. The third kappa shape index (κ3) is 3.48. The zero-order valence-corrected chi connectivity index (χ0v) is 16.2. The predicted octanol–water partition coefficient (Wildman–Crippen LogP) is 1.92. The van der Waals surface area contributed by atoms with Crippen molar-refractivity contribution in [3.63, 3.8) is 0 Å². The van der Waals surface area contributed by atoms with Gasteiger partial charge in [-0.25, -0.2) is 9.59 Å². The van der Waals surface area contributed by atoms with Gasteiger partial charge in [-0.3, -0.25) is 14.5 Å². The van der Waals surface area contributed by atoms with E-state index in [0.717, 1.165) is 24.2 Å². The molecule has 0 radical (unpaired) electrons.